The van der Waals surface area contributed by atoms with Gasteiger partial charge in [0.2, 0.25) is 0 Å². The summed E-state index contributed by atoms with van der Waals surface area (Å²) in [4.78, 5) is 0. The molecule has 0 aromatic carbocycles. The molecule has 0 aromatic rings. The largest absolute Gasteiger partial charge is 0.498 e. The van der Waals surface area contributed by atoms with E-state index in [1.54, 1.807) is 0 Å². The van der Waals surface area contributed by atoms with Crippen molar-refractivity contribution >= 4 is 8.80 Å². The van der Waals surface area contributed by atoms with E-state index >= 15 is 0 Å². The van der Waals surface area contributed by atoms with E-state index in [4.69, 9.17) is 13.3 Å². The lowest BCUT2D eigenvalue weighted by molar-refractivity contribution is -0.00969. The zero-order chi connectivity index (χ0) is 22.0. The summed E-state index contributed by atoms with van der Waals surface area (Å²) in [6.07, 6.45) is 19.3. The first-order chi connectivity index (χ1) is 13.9. The van der Waals surface area contributed by atoms with Crippen LogP contribution < -0.4 is 0 Å². The van der Waals surface area contributed by atoms with Crippen molar-refractivity contribution in [2.75, 3.05) is 0 Å². The summed E-state index contributed by atoms with van der Waals surface area (Å²) in [5, 5.41) is 0. The normalized spacial score (nSPS) is 17.1. The number of hydrogen-bond acceptors (Lipinski definition) is 3. The summed E-state index contributed by atoms with van der Waals surface area (Å²) < 4.78 is 19.5. The average Bonchev–Trinajstić information content (AvgIpc) is 2.65. The van der Waals surface area contributed by atoms with Crippen LogP contribution in [0.3, 0.4) is 0 Å². The Morgan fingerprint density at radius 2 is 0.759 bits per heavy atom. The minimum absolute atomic E-state index is 0.211. The van der Waals surface area contributed by atoms with E-state index in [-0.39, 0.29) is 18.3 Å². The Morgan fingerprint density at radius 3 is 1.00 bits per heavy atom. The van der Waals surface area contributed by atoms with E-state index in [0.29, 0.717) is 0 Å². The van der Waals surface area contributed by atoms with Crippen LogP contribution in [0.15, 0.2) is 0 Å². The fraction of sp³-hybridized carbons (Fsp3) is 1.00. The molecular weight excluding hydrogens is 376 g/mol. The van der Waals surface area contributed by atoms with Crippen molar-refractivity contribution in [2.24, 2.45) is 0 Å². The van der Waals surface area contributed by atoms with Gasteiger partial charge in [-0.25, -0.2) is 0 Å². The Labute approximate surface area is 185 Å². The maximum atomic E-state index is 6.51. The highest BCUT2D eigenvalue weighted by molar-refractivity contribution is 6.59. The molecule has 0 radical (unpaired) electrons. The molecule has 0 aromatic heterocycles. The Hall–Kier alpha value is 0.0969. The second kappa shape index (κ2) is 18.8. The van der Waals surface area contributed by atoms with Gasteiger partial charge in [-0.05, 0) is 40.0 Å². The molecule has 3 nitrogen and oxygen atoms in total. The molecule has 0 aliphatic carbocycles. The van der Waals surface area contributed by atoms with Crippen molar-refractivity contribution in [2.45, 2.75) is 163 Å². The van der Waals surface area contributed by atoms with Gasteiger partial charge in [-0.1, -0.05) is 97.8 Å². The van der Waals surface area contributed by atoms with E-state index < -0.39 is 8.80 Å². The van der Waals surface area contributed by atoms with E-state index in [1.807, 2.05) is 0 Å². The summed E-state index contributed by atoms with van der Waals surface area (Å²) in [5.41, 5.74) is 0. The van der Waals surface area contributed by atoms with Gasteiger partial charge in [0.15, 0.2) is 0 Å². The average molecular weight is 431 g/mol. The lowest BCUT2D eigenvalue weighted by atomic mass is 10.1. The maximum Gasteiger partial charge on any atom is 0.498 e. The Bertz CT molecular complexity index is 301. The third-order valence-corrected chi connectivity index (χ3v) is 8.13. The summed E-state index contributed by atoms with van der Waals surface area (Å²) >= 11 is 0. The monoisotopic (exact) mass is 430 g/mol. The third-order valence-electron chi connectivity index (χ3n) is 5.64. The predicted molar refractivity (Wildman–Crippen MR) is 130 cm³/mol. The predicted octanol–water partition coefficient (Wildman–Crippen LogP) is 8.68. The maximum absolute atomic E-state index is 6.51. The Kier molecular flexibility index (Phi) is 18.9. The first-order valence-corrected chi connectivity index (χ1v) is 15.1. The molecule has 0 amide bonds. The first kappa shape index (κ1) is 29.1. The first-order valence-electron chi connectivity index (χ1n) is 12.9. The van der Waals surface area contributed by atoms with Crippen LogP contribution in [-0.4, -0.2) is 27.1 Å². The van der Waals surface area contributed by atoms with Crippen LogP contribution in [0.2, 0.25) is 6.55 Å². The third kappa shape index (κ3) is 17.5. The lowest BCUT2D eigenvalue weighted by Gasteiger charge is -2.34. The van der Waals surface area contributed by atoms with Crippen LogP contribution in [0.5, 0.6) is 0 Å². The van der Waals surface area contributed by atoms with Gasteiger partial charge in [0.25, 0.3) is 0 Å². The summed E-state index contributed by atoms with van der Waals surface area (Å²) in [6, 6.07) is 0. The van der Waals surface area contributed by atoms with E-state index in [9.17, 15) is 0 Å². The van der Waals surface area contributed by atoms with Gasteiger partial charge in [0, 0.05) is 24.9 Å². The topological polar surface area (TPSA) is 27.7 Å². The zero-order valence-corrected chi connectivity index (χ0v) is 22.1. The van der Waals surface area contributed by atoms with E-state index in [1.165, 1.54) is 77.0 Å². The van der Waals surface area contributed by atoms with Gasteiger partial charge in [-0.3, -0.25) is 0 Å². The molecule has 0 fully saturated rings. The Balaban J connectivity index is 4.64. The van der Waals surface area contributed by atoms with Crippen molar-refractivity contribution in [3.8, 4) is 0 Å². The Morgan fingerprint density at radius 1 is 0.483 bits per heavy atom. The zero-order valence-electron chi connectivity index (χ0n) is 21.1. The molecule has 29 heavy (non-hydrogen) atoms. The number of hydrogen-bond donors (Lipinski definition) is 0. The molecule has 0 saturated heterocycles. The molecule has 3 unspecified atom stereocenters. The molecule has 0 aliphatic rings. The van der Waals surface area contributed by atoms with Crippen LogP contribution in [0.25, 0.3) is 0 Å². The smallest absolute Gasteiger partial charge is 0.371 e. The standard InChI is InChI=1S/C25H54O3Si/c1-8-11-14-17-20-23(4)26-29(7,27-24(5)21-18-15-12-9-2)28-25(6)22-19-16-13-10-3/h23-25H,8-22H2,1-7H3. The highest BCUT2D eigenvalue weighted by Crippen LogP contribution is 2.23. The quantitative estimate of drug-likeness (QED) is 0.135. The summed E-state index contributed by atoms with van der Waals surface area (Å²) in [7, 11) is -2.64. The van der Waals surface area contributed by atoms with Crippen LogP contribution >= 0.6 is 0 Å². The van der Waals surface area contributed by atoms with E-state index in [0.717, 1.165) is 19.3 Å². The molecule has 0 aliphatic heterocycles. The molecule has 176 valence electrons. The van der Waals surface area contributed by atoms with Gasteiger partial charge in [0.1, 0.15) is 0 Å². The van der Waals surface area contributed by atoms with Crippen LogP contribution in [0, 0.1) is 0 Å². The van der Waals surface area contributed by atoms with Crippen molar-refractivity contribution < 1.29 is 13.3 Å². The van der Waals surface area contributed by atoms with E-state index in [2.05, 4.69) is 48.1 Å². The fourth-order valence-electron chi connectivity index (χ4n) is 3.93. The van der Waals surface area contributed by atoms with Crippen molar-refractivity contribution in [3.05, 3.63) is 0 Å². The van der Waals surface area contributed by atoms with Gasteiger partial charge < -0.3 is 13.3 Å². The minimum atomic E-state index is -2.64. The second-order valence-electron chi connectivity index (χ2n) is 9.20. The number of rotatable bonds is 21. The molecule has 0 rings (SSSR count). The summed E-state index contributed by atoms with van der Waals surface area (Å²) in [6.45, 7) is 15.5. The van der Waals surface area contributed by atoms with Gasteiger partial charge in [-0.15, -0.1) is 0 Å². The fourth-order valence-corrected chi connectivity index (χ4v) is 6.65. The molecule has 4 heteroatoms. The molecular formula is C25H54O3Si. The lowest BCUT2D eigenvalue weighted by Crippen LogP contribution is -2.49. The second-order valence-corrected chi connectivity index (χ2v) is 11.6. The molecule has 0 heterocycles. The van der Waals surface area contributed by atoms with Crippen LogP contribution in [-0.2, 0) is 13.3 Å². The van der Waals surface area contributed by atoms with Gasteiger partial charge in [-0.2, -0.15) is 0 Å². The molecule has 0 N–H and O–H groups in total. The summed E-state index contributed by atoms with van der Waals surface area (Å²) in [5.74, 6) is 0. The van der Waals surface area contributed by atoms with Gasteiger partial charge in [0.05, 0.1) is 0 Å². The molecule has 3 atom stereocenters. The molecule has 0 bridgehead atoms. The highest BCUT2D eigenvalue weighted by Gasteiger charge is 2.40. The van der Waals surface area contributed by atoms with Gasteiger partial charge >= 0.3 is 8.80 Å². The van der Waals surface area contributed by atoms with Crippen LogP contribution in [0.4, 0.5) is 0 Å². The number of unbranched alkanes of at least 4 members (excludes halogenated alkanes) is 9. The molecule has 0 spiro atoms. The SMILES string of the molecule is CCCCCCC(C)O[Si](C)(OC(C)CCCCCC)OC(C)CCCCCC. The van der Waals surface area contributed by atoms with Crippen LogP contribution in [0.1, 0.15) is 138 Å². The van der Waals surface area contributed by atoms with Crippen molar-refractivity contribution in [1.82, 2.24) is 0 Å². The molecule has 0 saturated carbocycles. The van der Waals surface area contributed by atoms with Crippen molar-refractivity contribution in [3.63, 3.8) is 0 Å². The minimum Gasteiger partial charge on any atom is -0.371 e. The van der Waals surface area contributed by atoms with Crippen molar-refractivity contribution in [1.29, 1.82) is 0 Å². The highest BCUT2D eigenvalue weighted by atomic mass is 28.4.